The summed E-state index contributed by atoms with van der Waals surface area (Å²) < 4.78 is 5.30. The molecular weight excluding hydrogens is 152 g/mol. The molecule has 0 spiro atoms. The van der Waals surface area contributed by atoms with Gasteiger partial charge in [-0.25, -0.2) is 0 Å². The smallest absolute Gasteiger partial charge is 0.0468 e. The van der Waals surface area contributed by atoms with Gasteiger partial charge < -0.3 is 4.74 Å². The fourth-order valence-electron chi connectivity index (χ4n) is 1.74. The van der Waals surface area contributed by atoms with E-state index in [1.54, 1.807) is 0 Å². The number of hydrogen-bond acceptors (Lipinski definition) is 3. The Kier molecular flexibility index (Phi) is 4.58. The molecule has 1 rings (SSSR count). The van der Waals surface area contributed by atoms with Gasteiger partial charge in [0.05, 0.1) is 0 Å². The molecule has 0 amide bonds. The normalized spacial score (nSPS) is 22.5. The van der Waals surface area contributed by atoms with Gasteiger partial charge in [0.25, 0.3) is 0 Å². The van der Waals surface area contributed by atoms with E-state index in [1.165, 1.54) is 19.3 Å². The molecule has 72 valence electrons. The van der Waals surface area contributed by atoms with Gasteiger partial charge in [0, 0.05) is 19.3 Å². The van der Waals surface area contributed by atoms with E-state index in [0.717, 1.165) is 25.6 Å². The van der Waals surface area contributed by atoms with Gasteiger partial charge in [0.2, 0.25) is 0 Å². The van der Waals surface area contributed by atoms with E-state index in [-0.39, 0.29) is 0 Å². The van der Waals surface area contributed by atoms with Gasteiger partial charge in [-0.15, -0.1) is 0 Å². The van der Waals surface area contributed by atoms with Crippen LogP contribution in [0, 0.1) is 5.92 Å². The van der Waals surface area contributed by atoms with Crippen molar-refractivity contribution in [3.05, 3.63) is 0 Å². The molecule has 3 N–H and O–H groups in total. The second-order valence-corrected chi connectivity index (χ2v) is 3.56. The van der Waals surface area contributed by atoms with Crippen LogP contribution < -0.4 is 11.3 Å². The van der Waals surface area contributed by atoms with Crippen LogP contribution in [0.25, 0.3) is 0 Å². The number of hydrazine groups is 1. The summed E-state index contributed by atoms with van der Waals surface area (Å²) in [5.74, 6) is 6.24. The predicted octanol–water partition coefficient (Wildman–Crippen LogP) is 1.04. The van der Waals surface area contributed by atoms with Crippen molar-refractivity contribution in [1.29, 1.82) is 0 Å². The van der Waals surface area contributed by atoms with Crippen LogP contribution in [0.3, 0.4) is 0 Å². The van der Waals surface area contributed by atoms with Gasteiger partial charge >= 0.3 is 0 Å². The second kappa shape index (κ2) is 5.51. The molecule has 0 aromatic heterocycles. The molecule has 1 aliphatic rings. The van der Waals surface area contributed by atoms with Gasteiger partial charge in [-0.3, -0.25) is 11.3 Å². The summed E-state index contributed by atoms with van der Waals surface area (Å²) in [5, 5.41) is 0. The van der Waals surface area contributed by atoms with Crippen LogP contribution in [0.1, 0.15) is 32.6 Å². The third-order valence-corrected chi connectivity index (χ3v) is 2.69. The lowest BCUT2D eigenvalue weighted by atomic mass is 9.92. The summed E-state index contributed by atoms with van der Waals surface area (Å²) in [7, 11) is 0. The van der Waals surface area contributed by atoms with Crippen molar-refractivity contribution in [2.45, 2.75) is 38.6 Å². The van der Waals surface area contributed by atoms with E-state index >= 15 is 0 Å². The highest BCUT2D eigenvalue weighted by atomic mass is 16.5. The highest BCUT2D eigenvalue weighted by molar-refractivity contribution is 4.70. The molecule has 0 bridgehead atoms. The van der Waals surface area contributed by atoms with Crippen molar-refractivity contribution in [2.24, 2.45) is 11.8 Å². The molecule has 12 heavy (non-hydrogen) atoms. The molecule has 1 heterocycles. The summed E-state index contributed by atoms with van der Waals surface area (Å²) in [6.45, 7) is 4.04. The molecule has 1 saturated heterocycles. The van der Waals surface area contributed by atoms with Crippen LogP contribution >= 0.6 is 0 Å². The fourth-order valence-corrected chi connectivity index (χ4v) is 1.74. The minimum absolute atomic E-state index is 0.494. The van der Waals surface area contributed by atoms with Gasteiger partial charge in [0.15, 0.2) is 0 Å². The molecule has 0 radical (unpaired) electrons. The Balaban J connectivity index is 2.18. The Hall–Kier alpha value is -0.120. The number of ether oxygens (including phenoxy) is 1. The Morgan fingerprint density at radius 1 is 1.50 bits per heavy atom. The van der Waals surface area contributed by atoms with Gasteiger partial charge in [-0.05, 0) is 31.6 Å². The van der Waals surface area contributed by atoms with E-state index < -0.39 is 0 Å². The molecule has 0 aliphatic carbocycles. The molecule has 0 aromatic rings. The first-order chi connectivity index (χ1) is 5.86. The molecule has 1 aliphatic heterocycles. The van der Waals surface area contributed by atoms with E-state index in [0.29, 0.717) is 6.04 Å². The van der Waals surface area contributed by atoms with Crippen molar-refractivity contribution in [3.63, 3.8) is 0 Å². The first-order valence-corrected chi connectivity index (χ1v) is 4.90. The van der Waals surface area contributed by atoms with Crippen LogP contribution in [0.4, 0.5) is 0 Å². The van der Waals surface area contributed by atoms with E-state index in [4.69, 9.17) is 10.6 Å². The standard InChI is InChI=1S/C9H20N2O/c1-2-9(11-10)7-8-3-5-12-6-4-8/h8-9,11H,2-7,10H2,1H3. The molecule has 3 nitrogen and oxygen atoms in total. The second-order valence-electron chi connectivity index (χ2n) is 3.56. The zero-order chi connectivity index (χ0) is 8.81. The zero-order valence-electron chi connectivity index (χ0n) is 7.88. The third-order valence-electron chi connectivity index (χ3n) is 2.69. The molecule has 0 saturated carbocycles. The van der Waals surface area contributed by atoms with E-state index in [1.807, 2.05) is 0 Å². The lowest BCUT2D eigenvalue weighted by molar-refractivity contribution is 0.0604. The third kappa shape index (κ3) is 3.09. The van der Waals surface area contributed by atoms with Crippen LogP contribution in [-0.4, -0.2) is 19.3 Å². The van der Waals surface area contributed by atoms with Crippen LogP contribution in [-0.2, 0) is 4.74 Å². The largest absolute Gasteiger partial charge is 0.381 e. The molecule has 0 aromatic carbocycles. The zero-order valence-corrected chi connectivity index (χ0v) is 7.88. The highest BCUT2D eigenvalue weighted by Crippen LogP contribution is 2.20. The van der Waals surface area contributed by atoms with Crippen molar-refractivity contribution in [2.75, 3.05) is 13.2 Å². The quantitative estimate of drug-likeness (QED) is 0.492. The number of nitrogens with two attached hydrogens (primary N) is 1. The van der Waals surface area contributed by atoms with Crippen LogP contribution in [0.5, 0.6) is 0 Å². The van der Waals surface area contributed by atoms with Crippen molar-refractivity contribution < 1.29 is 4.74 Å². The van der Waals surface area contributed by atoms with Crippen molar-refractivity contribution in [1.82, 2.24) is 5.43 Å². The van der Waals surface area contributed by atoms with E-state index in [2.05, 4.69) is 12.3 Å². The SMILES string of the molecule is CCC(CC1CCOCC1)NN. The first kappa shape index (κ1) is 9.96. The average Bonchev–Trinajstić information content (AvgIpc) is 2.16. The molecular formula is C9H20N2O. The number of nitrogens with one attached hydrogen (secondary N) is 1. The highest BCUT2D eigenvalue weighted by Gasteiger charge is 2.17. The lowest BCUT2D eigenvalue weighted by Gasteiger charge is -2.25. The molecule has 3 heteroatoms. The maximum Gasteiger partial charge on any atom is 0.0468 e. The van der Waals surface area contributed by atoms with Crippen molar-refractivity contribution >= 4 is 0 Å². The summed E-state index contributed by atoms with van der Waals surface area (Å²) >= 11 is 0. The predicted molar refractivity (Wildman–Crippen MR) is 49.6 cm³/mol. The first-order valence-electron chi connectivity index (χ1n) is 4.90. The lowest BCUT2D eigenvalue weighted by Crippen LogP contribution is -2.36. The Morgan fingerprint density at radius 3 is 2.67 bits per heavy atom. The van der Waals surface area contributed by atoms with Crippen molar-refractivity contribution in [3.8, 4) is 0 Å². The summed E-state index contributed by atoms with van der Waals surface area (Å²) in [5.41, 5.74) is 2.86. The van der Waals surface area contributed by atoms with Gasteiger partial charge in [0.1, 0.15) is 0 Å². The maximum absolute atomic E-state index is 5.42. The molecule has 1 unspecified atom stereocenters. The fraction of sp³-hybridized carbons (Fsp3) is 1.00. The average molecular weight is 172 g/mol. The maximum atomic E-state index is 5.42. The van der Waals surface area contributed by atoms with Crippen LogP contribution in [0.2, 0.25) is 0 Å². The van der Waals surface area contributed by atoms with Crippen LogP contribution in [0.15, 0.2) is 0 Å². The summed E-state index contributed by atoms with van der Waals surface area (Å²) in [6, 6.07) is 0.494. The van der Waals surface area contributed by atoms with E-state index in [9.17, 15) is 0 Å². The van der Waals surface area contributed by atoms with Gasteiger partial charge in [-0.2, -0.15) is 0 Å². The Morgan fingerprint density at radius 2 is 2.17 bits per heavy atom. The Labute approximate surface area is 74.6 Å². The molecule has 1 fully saturated rings. The minimum Gasteiger partial charge on any atom is -0.381 e. The number of rotatable bonds is 4. The van der Waals surface area contributed by atoms with Gasteiger partial charge in [-0.1, -0.05) is 6.92 Å². The summed E-state index contributed by atoms with van der Waals surface area (Å²) in [6.07, 6.45) is 4.74. The topological polar surface area (TPSA) is 47.3 Å². The molecule has 1 atom stereocenters. The monoisotopic (exact) mass is 172 g/mol. The number of hydrogen-bond donors (Lipinski definition) is 2. The Bertz CT molecular complexity index is 109. The summed E-state index contributed by atoms with van der Waals surface area (Å²) in [4.78, 5) is 0. The minimum atomic E-state index is 0.494.